The van der Waals surface area contributed by atoms with Gasteiger partial charge in [-0.15, -0.1) is 0 Å². The summed E-state index contributed by atoms with van der Waals surface area (Å²) in [6, 6.07) is 6.41. The van der Waals surface area contributed by atoms with Crippen molar-refractivity contribution in [2.45, 2.75) is 32.2 Å². The molecule has 23 heavy (non-hydrogen) atoms. The van der Waals surface area contributed by atoms with Crippen LogP contribution in [0.4, 0.5) is 5.69 Å². The van der Waals surface area contributed by atoms with Gasteiger partial charge in [-0.05, 0) is 37.5 Å². The molecule has 0 radical (unpaired) electrons. The van der Waals surface area contributed by atoms with Crippen molar-refractivity contribution < 1.29 is 18.0 Å². The zero-order chi connectivity index (χ0) is 16.9. The molecule has 1 aromatic carbocycles. The summed E-state index contributed by atoms with van der Waals surface area (Å²) in [4.78, 5) is 23.6. The van der Waals surface area contributed by atoms with E-state index in [2.05, 4.69) is 15.4 Å². The van der Waals surface area contributed by atoms with E-state index in [9.17, 15) is 18.0 Å². The lowest BCUT2D eigenvalue weighted by molar-refractivity contribution is -0.120. The molecule has 0 aliphatic heterocycles. The number of hydrogen-bond acceptors (Lipinski definition) is 4. The maximum Gasteiger partial charge on any atom is 0.251 e. The van der Waals surface area contributed by atoms with Gasteiger partial charge in [0.2, 0.25) is 15.9 Å². The van der Waals surface area contributed by atoms with Gasteiger partial charge in [0.15, 0.2) is 0 Å². The summed E-state index contributed by atoms with van der Waals surface area (Å²) in [5.74, 6) is -0.627. The standard InChI is InChI=1S/C15H21N3O4S/c1-2-8-23(21,22)18-13-5-3-4-11(9-13)15(20)16-10-14(19)17-12-6-7-12/h3-5,9,12,18H,2,6-8,10H2,1H3,(H,16,20)(H,17,19). The van der Waals surface area contributed by atoms with Crippen LogP contribution in [0.25, 0.3) is 0 Å². The molecule has 1 fully saturated rings. The van der Waals surface area contributed by atoms with E-state index in [0.29, 0.717) is 17.7 Å². The molecule has 0 unspecified atom stereocenters. The SMILES string of the molecule is CCCS(=O)(=O)Nc1cccc(C(=O)NCC(=O)NC2CC2)c1. The highest BCUT2D eigenvalue weighted by Gasteiger charge is 2.23. The molecule has 0 saturated heterocycles. The van der Waals surface area contributed by atoms with Gasteiger partial charge in [0.05, 0.1) is 12.3 Å². The van der Waals surface area contributed by atoms with Crippen LogP contribution in [0.15, 0.2) is 24.3 Å². The fourth-order valence-corrected chi connectivity index (χ4v) is 3.12. The van der Waals surface area contributed by atoms with E-state index in [1.54, 1.807) is 25.1 Å². The molecule has 0 bridgehead atoms. The highest BCUT2D eigenvalue weighted by atomic mass is 32.2. The molecule has 1 aliphatic carbocycles. The van der Waals surface area contributed by atoms with E-state index in [0.717, 1.165) is 12.8 Å². The first kappa shape index (κ1) is 17.3. The van der Waals surface area contributed by atoms with Crippen LogP contribution in [0.2, 0.25) is 0 Å². The second-order valence-electron chi connectivity index (χ2n) is 5.53. The Balaban J connectivity index is 1.92. The number of carbonyl (C=O) groups is 2. The minimum Gasteiger partial charge on any atom is -0.352 e. The Hall–Kier alpha value is -2.09. The van der Waals surface area contributed by atoms with Crippen LogP contribution < -0.4 is 15.4 Å². The molecule has 2 amide bonds. The molecule has 8 heteroatoms. The van der Waals surface area contributed by atoms with Gasteiger partial charge in [-0.3, -0.25) is 14.3 Å². The third-order valence-electron chi connectivity index (χ3n) is 3.22. The van der Waals surface area contributed by atoms with Gasteiger partial charge in [0.1, 0.15) is 0 Å². The Bertz CT molecular complexity index is 684. The van der Waals surface area contributed by atoms with E-state index in [1.165, 1.54) is 6.07 Å². The van der Waals surface area contributed by atoms with Gasteiger partial charge in [-0.1, -0.05) is 13.0 Å². The summed E-state index contributed by atoms with van der Waals surface area (Å²) < 4.78 is 25.9. The Morgan fingerprint density at radius 1 is 1.26 bits per heavy atom. The first-order chi connectivity index (χ1) is 10.9. The summed E-state index contributed by atoms with van der Waals surface area (Å²) in [7, 11) is -3.41. The normalized spacial score (nSPS) is 14.1. The Morgan fingerprint density at radius 2 is 2.00 bits per heavy atom. The molecule has 0 atom stereocenters. The average molecular weight is 339 g/mol. The Labute approximate surface area is 135 Å². The van der Waals surface area contributed by atoms with Gasteiger partial charge in [0, 0.05) is 17.3 Å². The smallest absolute Gasteiger partial charge is 0.251 e. The zero-order valence-corrected chi connectivity index (χ0v) is 13.8. The summed E-state index contributed by atoms with van der Waals surface area (Å²) in [5.41, 5.74) is 0.620. The number of benzene rings is 1. The maximum absolute atomic E-state index is 12.0. The molecule has 7 nitrogen and oxygen atoms in total. The first-order valence-electron chi connectivity index (χ1n) is 7.58. The zero-order valence-electron chi connectivity index (χ0n) is 13.0. The lowest BCUT2D eigenvalue weighted by Crippen LogP contribution is -2.37. The van der Waals surface area contributed by atoms with Crippen LogP contribution in [0.3, 0.4) is 0 Å². The first-order valence-corrected chi connectivity index (χ1v) is 9.23. The molecule has 0 spiro atoms. The van der Waals surface area contributed by atoms with Crippen molar-refractivity contribution in [2.75, 3.05) is 17.0 Å². The fourth-order valence-electron chi connectivity index (χ4n) is 1.99. The van der Waals surface area contributed by atoms with Crippen LogP contribution >= 0.6 is 0 Å². The summed E-state index contributed by atoms with van der Waals surface area (Å²) in [6.45, 7) is 1.68. The number of carbonyl (C=O) groups excluding carboxylic acids is 2. The van der Waals surface area contributed by atoms with Crippen LogP contribution in [0, 0.1) is 0 Å². The number of hydrogen-bond donors (Lipinski definition) is 3. The van der Waals surface area contributed by atoms with E-state index < -0.39 is 15.9 Å². The highest BCUT2D eigenvalue weighted by molar-refractivity contribution is 7.92. The van der Waals surface area contributed by atoms with Crippen molar-refractivity contribution in [2.24, 2.45) is 0 Å². The quantitative estimate of drug-likeness (QED) is 0.653. The minimum absolute atomic E-state index is 0.0186. The molecule has 0 aromatic heterocycles. The van der Waals surface area contributed by atoms with E-state index in [4.69, 9.17) is 0 Å². The number of sulfonamides is 1. The van der Waals surface area contributed by atoms with Crippen molar-refractivity contribution in [1.29, 1.82) is 0 Å². The largest absolute Gasteiger partial charge is 0.352 e. The van der Waals surface area contributed by atoms with Crippen molar-refractivity contribution in [3.05, 3.63) is 29.8 Å². The van der Waals surface area contributed by atoms with Gasteiger partial charge in [-0.25, -0.2) is 8.42 Å². The number of anilines is 1. The molecular weight excluding hydrogens is 318 g/mol. The van der Waals surface area contributed by atoms with Crippen molar-refractivity contribution in [3.8, 4) is 0 Å². The van der Waals surface area contributed by atoms with Crippen molar-refractivity contribution in [3.63, 3.8) is 0 Å². The predicted molar refractivity (Wildman–Crippen MR) is 87.6 cm³/mol. The van der Waals surface area contributed by atoms with Gasteiger partial charge in [-0.2, -0.15) is 0 Å². The molecule has 1 saturated carbocycles. The van der Waals surface area contributed by atoms with Crippen LogP contribution in [-0.2, 0) is 14.8 Å². The van der Waals surface area contributed by atoms with E-state index in [1.807, 2.05) is 0 Å². The third-order valence-corrected chi connectivity index (χ3v) is 4.72. The number of amides is 2. The third kappa shape index (κ3) is 5.90. The van der Waals surface area contributed by atoms with Crippen LogP contribution in [0.1, 0.15) is 36.5 Å². The number of nitrogens with one attached hydrogen (secondary N) is 3. The van der Waals surface area contributed by atoms with Gasteiger partial charge < -0.3 is 10.6 Å². The molecule has 1 aromatic rings. The molecule has 2 rings (SSSR count). The molecular formula is C15H21N3O4S. The van der Waals surface area contributed by atoms with Crippen molar-refractivity contribution in [1.82, 2.24) is 10.6 Å². The minimum atomic E-state index is -3.41. The lowest BCUT2D eigenvalue weighted by atomic mass is 10.2. The summed E-state index contributed by atoms with van der Waals surface area (Å²) in [6.07, 6.45) is 2.48. The van der Waals surface area contributed by atoms with Crippen LogP contribution in [-0.4, -0.2) is 38.6 Å². The monoisotopic (exact) mass is 339 g/mol. The highest BCUT2D eigenvalue weighted by Crippen LogP contribution is 2.18. The fraction of sp³-hybridized carbons (Fsp3) is 0.467. The Kier molecular flexibility index (Phi) is 5.59. The van der Waals surface area contributed by atoms with Crippen molar-refractivity contribution >= 4 is 27.5 Å². The number of rotatable bonds is 8. The summed E-state index contributed by atoms with van der Waals surface area (Å²) in [5, 5.41) is 5.29. The molecule has 0 heterocycles. The molecule has 1 aliphatic rings. The van der Waals surface area contributed by atoms with Gasteiger partial charge in [0.25, 0.3) is 5.91 Å². The van der Waals surface area contributed by atoms with E-state index >= 15 is 0 Å². The van der Waals surface area contributed by atoms with Crippen LogP contribution in [0.5, 0.6) is 0 Å². The maximum atomic E-state index is 12.0. The summed E-state index contributed by atoms with van der Waals surface area (Å²) >= 11 is 0. The predicted octanol–water partition coefficient (Wildman–Crippen LogP) is 0.847. The second kappa shape index (κ2) is 7.45. The average Bonchev–Trinajstić information content (AvgIpc) is 3.28. The van der Waals surface area contributed by atoms with Gasteiger partial charge >= 0.3 is 0 Å². The topological polar surface area (TPSA) is 104 Å². The lowest BCUT2D eigenvalue weighted by Gasteiger charge is -2.09. The Morgan fingerprint density at radius 3 is 2.65 bits per heavy atom. The molecule has 3 N–H and O–H groups in total. The van der Waals surface area contributed by atoms with E-state index in [-0.39, 0.29) is 24.2 Å². The second-order valence-corrected chi connectivity index (χ2v) is 7.37. The molecule has 126 valence electrons.